The number of carbonyl (C=O) groups is 3. The summed E-state index contributed by atoms with van der Waals surface area (Å²) in [6.45, 7) is 4.13. The Morgan fingerprint density at radius 2 is 1.70 bits per heavy atom. The van der Waals surface area contributed by atoms with E-state index < -0.39 is 29.9 Å². The molecule has 1 saturated carbocycles. The third-order valence-corrected chi connectivity index (χ3v) is 8.94. The number of halogens is 1. The topological polar surface area (TPSA) is 111 Å². The summed E-state index contributed by atoms with van der Waals surface area (Å²) in [6, 6.07) is 14.2. The van der Waals surface area contributed by atoms with Crippen molar-refractivity contribution in [1.29, 1.82) is 0 Å². The number of rotatable bonds is 8. The Morgan fingerprint density at radius 1 is 1.02 bits per heavy atom. The number of anilines is 1. The molecular formula is C34H39FN4O5. The first-order valence-corrected chi connectivity index (χ1v) is 14.8. The van der Waals surface area contributed by atoms with Gasteiger partial charge in [0.1, 0.15) is 17.5 Å². The molecule has 1 unspecified atom stereocenters. The quantitative estimate of drug-likeness (QED) is 0.318. The van der Waals surface area contributed by atoms with E-state index in [1.165, 1.54) is 25.1 Å². The summed E-state index contributed by atoms with van der Waals surface area (Å²) in [5.74, 6) is -1.99. The lowest BCUT2D eigenvalue weighted by atomic mass is 9.90. The molecule has 10 heteroatoms. The van der Waals surface area contributed by atoms with E-state index in [1.807, 2.05) is 50.2 Å². The summed E-state index contributed by atoms with van der Waals surface area (Å²) in [5, 5.41) is 16.3. The van der Waals surface area contributed by atoms with Gasteiger partial charge in [-0.25, -0.2) is 9.18 Å². The third kappa shape index (κ3) is 5.92. The summed E-state index contributed by atoms with van der Waals surface area (Å²) in [7, 11) is 4.45. The number of carbonyl (C=O) groups excluding carboxylic acids is 3. The zero-order valence-corrected chi connectivity index (χ0v) is 25.7. The van der Waals surface area contributed by atoms with Crippen LogP contribution in [0.25, 0.3) is 22.3 Å². The summed E-state index contributed by atoms with van der Waals surface area (Å²) >= 11 is 0. The number of nitrogens with one attached hydrogen (secondary N) is 2. The van der Waals surface area contributed by atoms with Gasteiger partial charge in [0, 0.05) is 44.5 Å². The number of amides is 4. The number of urea groups is 1. The highest BCUT2D eigenvalue weighted by Gasteiger charge is 2.39. The molecule has 1 aliphatic heterocycles. The molecule has 1 heterocycles. The van der Waals surface area contributed by atoms with Gasteiger partial charge in [0.2, 0.25) is 11.8 Å². The Kier molecular flexibility index (Phi) is 9.03. The van der Waals surface area contributed by atoms with E-state index in [1.54, 1.807) is 13.1 Å². The molecule has 3 aromatic carbocycles. The van der Waals surface area contributed by atoms with Crippen LogP contribution < -0.4 is 15.4 Å². The van der Waals surface area contributed by atoms with Crippen molar-refractivity contribution in [2.45, 2.75) is 51.8 Å². The smallest absolute Gasteiger partial charge is 0.326 e. The Balaban J connectivity index is 1.42. The number of aliphatic hydroxyl groups is 1. The van der Waals surface area contributed by atoms with Crippen LogP contribution in [0.5, 0.6) is 5.75 Å². The fourth-order valence-corrected chi connectivity index (χ4v) is 6.26. The number of methoxy groups -OCH3 is 1. The maximum atomic E-state index is 15.5. The molecule has 1 aliphatic carbocycles. The minimum absolute atomic E-state index is 0.00510. The predicted molar refractivity (Wildman–Crippen MR) is 167 cm³/mol. The second-order valence-corrected chi connectivity index (χ2v) is 11.7. The van der Waals surface area contributed by atoms with Crippen LogP contribution in [0.1, 0.15) is 36.0 Å². The highest BCUT2D eigenvalue weighted by atomic mass is 19.1. The van der Waals surface area contributed by atoms with Gasteiger partial charge in [-0.15, -0.1) is 0 Å². The van der Waals surface area contributed by atoms with Gasteiger partial charge in [0.05, 0.1) is 13.2 Å². The van der Waals surface area contributed by atoms with E-state index in [2.05, 4.69) is 10.6 Å². The van der Waals surface area contributed by atoms with Crippen LogP contribution in [-0.4, -0.2) is 72.6 Å². The molecule has 232 valence electrons. The molecule has 5 rings (SSSR count). The minimum atomic E-state index is -1.01. The van der Waals surface area contributed by atoms with Crippen molar-refractivity contribution >= 4 is 23.5 Å². The number of nitrogens with zero attached hydrogens (tertiary/aromatic N) is 2. The zero-order valence-electron chi connectivity index (χ0n) is 25.7. The Bertz CT molecular complexity index is 1610. The highest BCUT2D eigenvalue weighted by molar-refractivity contribution is 6.12. The van der Waals surface area contributed by atoms with E-state index in [0.29, 0.717) is 22.6 Å². The van der Waals surface area contributed by atoms with Gasteiger partial charge in [0.25, 0.3) is 0 Å². The number of benzene rings is 3. The highest BCUT2D eigenvalue weighted by Crippen LogP contribution is 2.38. The van der Waals surface area contributed by atoms with E-state index in [-0.39, 0.29) is 24.9 Å². The first-order chi connectivity index (χ1) is 21.0. The van der Waals surface area contributed by atoms with Crippen molar-refractivity contribution in [2.24, 2.45) is 5.92 Å². The summed E-state index contributed by atoms with van der Waals surface area (Å²) in [4.78, 5) is 40.3. The van der Waals surface area contributed by atoms with Crippen LogP contribution in [0.4, 0.5) is 14.9 Å². The molecule has 9 nitrogen and oxygen atoms in total. The molecule has 0 aromatic heterocycles. The molecule has 1 saturated heterocycles. The van der Waals surface area contributed by atoms with Crippen LogP contribution in [0.2, 0.25) is 0 Å². The Hall–Kier alpha value is -4.28. The predicted octanol–water partition coefficient (Wildman–Crippen LogP) is 4.87. The second-order valence-electron chi connectivity index (χ2n) is 11.7. The standard InChI is InChI=1S/C34H39FN4O5/c1-19-22(21-15-27(35)25(31(16-21)44-5)17-36-29-13-8-14-30(29)40)9-6-10-23(19)24-11-7-12-28(20(24)2)37-32(41)26-18-38(3)34(43)39(4)33(26)42/h6-7,9-12,15-16,26,29-30,36,40H,8,13-14,17-18H2,1-5H3,(H,37,41)/t26?,29-,30+/m0/s1. The maximum Gasteiger partial charge on any atom is 0.326 e. The SMILES string of the molecule is COc1cc(-c2cccc(-c3cccc(NC(=O)C4CN(C)C(=O)N(C)C4=O)c3C)c2C)cc(F)c1CN[C@H]1CCC[C@H]1O. The lowest BCUT2D eigenvalue weighted by molar-refractivity contribution is -0.140. The van der Waals surface area contributed by atoms with Gasteiger partial charge in [-0.05, 0) is 84.7 Å². The van der Waals surface area contributed by atoms with Crippen molar-refractivity contribution in [3.63, 3.8) is 0 Å². The van der Waals surface area contributed by atoms with Crippen molar-refractivity contribution in [3.05, 3.63) is 71.0 Å². The molecule has 2 aliphatic rings. The minimum Gasteiger partial charge on any atom is -0.496 e. The average Bonchev–Trinajstić information content (AvgIpc) is 3.42. The number of hydrogen-bond donors (Lipinski definition) is 3. The summed E-state index contributed by atoms with van der Waals surface area (Å²) in [6.07, 6.45) is 2.12. The van der Waals surface area contributed by atoms with Gasteiger partial charge in [-0.1, -0.05) is 30.3 Å². The Labute approximate surface area is 257 Å². The van der Waals surface area contributed by atoms with Crippen LogP contribution in [-0.2, 0) is 16.1 Å². The molecule has 3 atom stereocenters. The first-order valence-electron chi connectivity index (χ1n) is 14.8. The second kappa shape index (κ2) is 12.8. The van der Waals surface area contributed by atoms with Gasteiger partial charge >= 0.3 is 6.03 Å². The number of imide groups is 1. The molecule has 4 amide bonds. The van der Waals surface area contributed by atoms with Crippen LogP contribution in [0.15, 0.2) is 48.5 Å². The van der Waals surface area contributed by atoms with E-state index in [9.17, 15) is 19.5 Å². The molecule has 0 radical (unpaired) electrons. The van der Waals surface area contributed by atoms with E-state index in [0.717, 1.165) is 52.0 Å². The summed E-state index contributed by atoms with van der Waals surface area (Å²) in [5.41, 5.74) is 6.00. The first kappa shape index (κ1) is 31.2. The number of hydrogen-bond acceptors (Lipinski definition) is 6. The fourth-order valence-electron chi connectivity index (χ4n) is 6.26. The lowest BCUT2D eigenvalue weighted by Crippen LogP contribution is -2.56. The summed E-state index contributed by atoms with van der Waals surface area (Å²) < 4.78 is 21.1. The third-order valence-electron chi connectivity index (χ3n) is 8.94. The van der Waals surface area contributed by atoms with Gasteiger partial charge in [0.15, 0.2) is 0 Å². The van der Waals surface area contributed by atoms with Crippen LogP contribution in [0, 0.1) is 25.6 Å². The lowest BCUT2D eigenvalue weighted by Gasteiger charge is -2.33. The molecule has 0 spiro atoms. The fraction of sp³-hybridized carbons (Fsp3) is 0.382. The molecule has 0 bridgehead atoms. The Morgan fingerprint density at radius 3 is 2.39 bits per heavy atom. The maximum absolute atomic E-state index is 15.5. The van der Waals surface area contributed by atoms with Crippen molar-refractivity contribution in [3.8, 4) is 28.0 Å². The van der Waals surface area contributed by atoms with E-state index >= 15 is 4.39 Å². The number of ether oxygens (including phenoxy) is 1. The van der Waals surface area contributed by atoms with Gasteiger partial charge < -0.3 is 25.4 Å². The monoisotopic (exact) mass is 602 g/mol. The van der Waals surface area contributed by atoms with Crippen molar-refractivity contribution in [2.75, 3.05) is 33.1 Å². The molecule has 3 aromatic rings. The average molecular weight is 603 g/mol. The number of aliphatic hydroxyl groups excluding tert-OH is 1. The van der Waals surface area contributed by atoms with Crippen LogP contribution in [0.3, 0.4) is 0 Å². The normalized spacial score (nSPS) is 20.3. The molecule has 44 heavy (non-hydrogen) atoms. The van der Waals surface area contributed by atoms with Gasteiger partial charge in [-0.3, -0.25) is 14.5 Å². The molecular weight excluding hydrogens is 563 g/mol. The molecule has 2 fully saturated rings. The van der Waals surface area contributed by atoms with Crippen molar-refractivity contribution < 1.29 is 28.6 Å². The van der Waals surface area contributed by atoms with Gasteiger partial charge in [-0.2, -0.15) is 0 Å². The van der Waals surface area contributed by atoms with E-state index in [4.69, 9.17) is 4.74 Å². The largest absolute Gasteiger partial charge is 0.496 e. The van der Waals surface area contributed by atoms with Crippen LogP contribution >= 0.6 is 0 Å². The zero-order chi connectivity index (χ0) is 31.7. The van der Waals surface area contributed by atoms with Crippen molar-refractivity contribution in [1.82, 2.24) is 15.1 Å². The molecule has 3 N–H and O–H groups in total.